The molecule has 1 amide bonds. The number of amides is 1. The van der Waals surface area contributed by atoms with Gasteiger partial charge in [0.15, 0.2) is 5.65 Å². The molecule has 7 nitrogen and oxygen atoms in total. The predicted octanol–water partition coefficient (Wildman–Crippen LogP) is 1.48. The summed E-state index contributed by atoms with van der Waals surface area (Å²) in [4.78, 5) is 28.8. The first-order valence-electron chi connectivity index (χ1n) is 8.86. The molecule has 7 heteroatoms. The van der Waals surface area contributed by atoms with Crippen LogP contribution in [0.5, 0.6) is 0 Å². The molecular weight excluding hydrogens is 330 g/mol. The Labute approximate surface area is 150 Å². The van der Waals surface area contributed by atoms with E-state index in [-0.39, 0.29) is 17.4 Å². The van der Waals surface area contributed by atoms with Crippen LogP contribution in [0.3, 0.4) is 0 Å². The largest absolute Gasteiger partial charge is 0.354 e. The number of aromatic nitrogens is 4. The number of carbonyl (C=O) groups excluding carboxylic acids is 1. The minimum absolute atomic E-state index is 0.105. The van der Waals surface area contributed by atoms with Crippen molar-refractivity contribution < 1.29 is 4.79 Å². The molecule has 0 aliphatic heterocycles. The van der Waals surface area contributed by atoms with Gasteiger partial charge in [0, 0.05) is 12.5 Å². The van der Waals surface area contributed by atoms with E-state index in [0.29, 0.717) is 30.7 Å². The normalized spacial score (nSPS) is 13.9. The van der Waals surface area contributed by atoms with Gasteiger partial charge in [0.1, 0.15) is 11.7 Å². The van der Waals surface area contributed by atoms with E-state index in [1.807, 2.05) is 31.2 Å². The molecular formula is C19H21N5O2. The molecule has 1 fully saturated rings. The Balaban J connectivity index is 1.52. The van der Waals surface area contributed by atoms with Gasteiger partial charge in [-0.25, -0.2) is 9.67 Å². The van der Waals surface area contributed by atoms with Crippen LogP contribution in [-0.2, 0) is 17.9 Å². The maximum Gasteiger partial charge on any atom is 0.264 e. The number of hydrogen-bond donors (Lipinski definition) is 1. The van der Waals surface area contributed by atoms with Crippen molar-refractivity contribution in [1.82, 2.24) is 24.6 Å². The van der Waals surface area contributed by atoms with Gasteiger partial charge < -0.3 is 5.32 Å². The van der Waals surface area contributed by atoms with Gasteiger partial charge in [-0.05, 0) is 30.9 Å². The van der Waals surface area contributed by atoms with Gasteiger partial charge in [-0.15, -0.1) is 0 Å². The molecule has 0 bridgehead atoms. The van der Waals surface area contributed by atoms with Gasteiger partial charge in [-0.3, -0.25) is 14.2 Å². The molecule has 0 saturated heterocycles. The van der Waals surface area contributed by atoms with Crippen molar-refractivity contribution in [3.63, 3.8) is 0 Å². The zero-order chi connectivity index (χ0) is 18.1. The van der Waals surface area contributed by atoms with Crippen LogP contribution >= 0.6 is 0 Å². The van der Waals surface area contributed by atoms with E-state index in [1.54, 1.807) is 21.8 Å². The summed E-state index contributed by atoms with van der Waals surface area (Å²) < 4.78 is 3.27. The minimum Gasteiger partial charge on any atom is -0.354 e. The summed E-state index contributed by atoms with van der Waals surface area (Å²) in [6.45, 7) is 3.49. The van der Waals surface area contributed by atoms with Crippen molar-refractivity contribution in [3.05, 3.63) is 58.3 Å². The lowest BCUT2D eigenvalue weighted by Crippen LogP contribution is -2.28. The van der Waals surface area contributed by atoms with Crippen LogP contribution in [-0.4, -0.2) is 31.8 Å². The first-order valence-corrected chi connectivity index (χ1v) is 8.86. The lowest BCUT2D eigenvalue weighted by atomic mass is 10.1. The molecule has 4 rings (SSSR count). The zero-order valence-corrected chi connectivity index (χ0v) is 14.7. The number of hydrogen-bond acceptors (Lipinski definition) is 4. The fourth-order valence-electron chi connectivity index (χ4n) is 3.02. The molecule has 1 aliphatic carbocycles. The van der Waals surface area contributed by atoms with Crippen molar-refractivity contribution in [3.8, 4) is 0 Å². The van der Waals surface area contributed by atoms with Crippen molar-refractivity contribution in [2.45, 2.75) is 32.9 Å². The van der Waals surface area contributed by atoms with Crippen LogP contribution < -0.4 is 10.9 Å². The highest BCUT2D eigenvalue weighted by Crippen LogP contribution is 2.28. The van der Waals surface area contributed by atoms with Crippen LogP contribution in [0.15, 0.2) is 41.6 Å². The standard InChI is InChI=1S/C19H21N5O2/c1-13-4-2-3-5-15(13)11-23-12-21-17-16(19(23)26)10-22-24(17)9-8-20-18(25)14-6-7-14/h2-5,10,12,14H,6-9,11H2,1H3,(H,20,25). The fourth-order valence-corrected chi connectivity index (χ4v) is 3.02. The molecule has 1 saturated carbocycles. The van der Waals surface area contributed by atoms with E-state index < -0.39 is 0 Å². The summed E-state index contributed by atoms with van der Waals surface area (Å²) in [7, 11) is 0. The van der Waals surface area contributed by atoms with E-state index in [4.69, 9.17) is 0 Å². The summed E-state index contributed by atoms with van der Waals surface area (Å²) >= 11 is 0. The first kappa shape index (κ1) is 16.5. The highest BCUT2D eigenvalue weighted by Gasteiger charge is 2.29. The van der Waals surface area contributed by atoms with E-state index in [2.05, 4.69) is 15.4 Å². The predicted molar refractivity (Wildman–Crippen MR) is 97.8 cm³/mol. The van der Waals surface area contributed by atoms with Crippen molar-refractivity contribution >= 4 is 16.9 Å². The van der Waals surface area contributed by atoms with Crippen LogP contribution in [0.2, 0.25) is 0 Å². The Morgan fingerprint density at radius 3 is 2.88 bits per heavy atom. The minimum atomic E-state index is -0.105. The zero-order valence-electron chi connectivity index (χ0n) is 14.7. The first-order chi connectivity index (χ1) is 12.6. The molecule has 2 heterocycles. The number of fused-ring (bicyclic) bond motifs is 1. The summed E-state index contributed by atoms with van der Waals surface area (Å²) in [6.07, 6.45) is 5.09. The molecule has 0 radical (unpaired) electrons. The molecule has 134 valence electrons. The Kier molecular flexibility index (Phi) is 4.28. The van der Waals surface area contributed by atoms with Crippen LogP contribution in [0.1, 0.15) is 24.0 Å². The highest BCUT2D eigenvalue weighted by molar-refractivity contribution is 5.80. The number of rotatable bonds is 6. The number of aryl methyl sites for hydroxylation is 1. The number of benzene rings is 1. The van der Waals surface area contributed by atoms with Crippen LogP contribution in [0, 0.1) is 12.8 Å². The SMILES string of the molecule is Cc1ccccc1Cn1cnc2c(cnn2CCNC(=O)C2CC2)c1=O. The summed E-state index contributed by atoms with van der Waals surface area (Å²) in [5.41, 5.74) is 2.68. The molecule has 3 aromatic rings. The van der Waals surface area contributed by atoms with Gasteiger partial charge in [-0.1, -0.05) is 24.3 Å². The lowest BCUT2D eigenvalue weighted by molar-refractivity contribution is -0.122. The molecule has 0 atom stereocenters. The molecule has 1 N–H and O–H groups in total. The second-order valence-corrected chi connectivity index (χ2v) is 6.77. The maximum atomic E-state index is 12.7. The smallest absolute Gasteiger partial charge is 0.264 e. The summed E-state index contributed by atoms with van der Waals surface area (Å²) in [5, 5.41) is 7.67. The molecule has 1 aromatic carbocycles. The third-order valence-electron chi connectivity index (χ3n) is 4.80. The van der Waals surface area contributed by atoms with Gasteiger partial charge >= 0.3 is 0 Å². The van der Waals surface area contributed by atoms with Crippen LogP contribution in [0.4, 0.5) is 0 Å². The van der Waals surface area contributed by atoms with E-state index in [1.165, 1.54) is 0 Å². The van der Waals surface area contributed by atoms with Gasteiger partial charge in [0.05, 0.1) is 19.3 Å². The number of nitrogens with one attached hydrogen (secondary N) is 1. The monoisotopic (exact) mass is 351 g/mol. The fraction of sp³-hybridized carbons (Fsp3) is 0.368. The van der Waals surface area contributed by atoms with Crippen molar-refractivity contribution in [1.29, 1.82) is 0 Å². The second kappa shape index (κ2) is 6.74. The second-order valence-electron chi connectivity index (χ2n) is 6.77. The molecule has 2 aromatic heterocycles. The molecule has 26 heavy (non-hydrogen) atoms. The third-order valence-corrected chi connectivity index (χ3v) is 4.80. The Morgan fingerprint density at radius 2 is 2.12 bits per heavy atom. The van der Waals surface area contributed by atoms with E-state index in [0.717, 1.165) is 24.0 Å². The molecule has 0 unspecified atom stereocenters. The third kappa shape index (κ3) is 3.24. The van der Waals surface area contributed by atoms with Crippen LogP contribution in [0.25, 0.3) is 11.0 Å². The van der Waals surface area contributed by atoms with Gasteiger partial charge in [0.25, 0.3) is 5.56 Å². The van der Waals surface area contributed by atoms with E-state index in [9.17, 15) is 9.59 Å². The number of carbonyl (C=O) groups is 1. The Morgan fingerprint density at radius 1 is 1.31 bits per heavy atom. The average molecular weight is 351 g/mol. The lowest BCUT2D eigenvalue weighted by Gasteiger charge is -2.09. The van der Waals surface area contributed by atoms with Gasteiger partial charge in [-0.2, -0.15) is 5.10 Å². The summed E-state index contributed by atoms with van der Waals surface area (Å²) in [6, 6.07) is 7.99. The Hall–Kier alpha value is -2.96. The van der Waals surface area contributed by atoms with Gasteiger partial charge in [0.2, 0.25) is 5.91 Å². The number of nitrogens with zero attached hydrogens (tertiary/aromatic N) is 4. The molecule has 1 aliphatic rings. The highest BCUT2D eigenvalue weighted by atomic mass is 16.2. The Bertz CT molecular complexity index is 1020. The molecule has 0 spiro atoms. The topological polar surface area (TPSA) is 81.8 Å². The quantitative estimate of drug-likeness (QED) is 0.729. The van der Waals surface area contributed by atoms with Crippen molar-refractivity contribution in [2.24, 2.45) is 5.92 Å². The van der Waals surface area contributed by atoms with Crippen molar-refractivity contribution in [2.75, 3.05) is 6.54 Å². The average Bonchev–Trinajstić information content (AvgIpc) is 3.41. The maximum absolute atomic E-state index is 12.7. The van der Waals surface area contributed by atoms with E-state index >= 15 is 0 Å². The summed E-state index contributed by atoms with van der Waals surface area (Å²) in [5.74, 6) is 0.297.